The molecule has 8 aromatic rings. The summed E-state index contributed by atoms with van der Waals surface area (Å²) in [6.07, 6.45) is 0. The Hall–Kier alpha value is -5.65. The van der Waals surface area contributed by atoms with E-state index in [1.54, 1.807) is 0 Å². The van der Waals surface area contributed by atoms with Gasteiger partial charge >= 0.3 is 0 Å². The highest BCUT2D eigenvalue weighted by molar-refractivity contribution is 7.04. The maximum absolute atomic E-state index is 9.19. The SMILES string of the molecule is [2H]c1c([2H])c([2H])c(-c2c([2H])c([2H])c(-c3nc(-c4ccccc4)nc(-c4cc5c(c6oc7ccccc7c46)-c4ccccc4[Si]5(C)C)n3)c([2H])c2[2H])c([2H])c1[2H]. The van der Waals surface area contributed by atoms with Gasteiger partial charge in [0, 0.05) is 33.0 Å². The van der Waals surface area contributed by atoms with E-state index in [1.165, 1.54) is 5.19 Å². The third-order valence-electron chi connectivity index (χ3n) is 8.70. The number of aromatic nitrogens is 3. The van der Waals surface area contributed by atoms with Gasteiger partial charge in [0.15, 0.2) is 17.5 Å². The van der Waals surface area contributed by atoms with Crippen LogP contribution in [0.1, 0.15) is 12.3 Å². The topological polar surface area (TPSA) is 51.8 Å². The molecule has 0 saturated carbocycles. The van der Waals surface area contributed by atoms with Gasteiger partial charge in [0.05, 0.1) is 12.3 Å². The van der Waals surface area contributed by atoms with Crippen molar-refractivity contribution in [3.8, 4) is 56.4 Å². The van der Waals surface area contributed by atoms with Crippen LogP contribution in [-0.4, -0.2) is 23.0 Å². The van der Waals surface area contributed by atoms with Gasteiger partial charge in [-0.15, -0.1) is 0 Å². The van der Waals surface area contributed by atoms with E-state index < -0.39 is 73.6 Å². The van der Waals surface area contributed by atoms with Crippen LogP contribution in [0, 0.1) is 0 Å². The van der Waals surface area contributed by atoms with E-state index in [9.17, 15) is 2.74 Å². The van der Waals surface area contributed by atoms with Crippen LogP contribution in [-0.2, 0) is 0 Å². The number of rotatable bonds is 4. The molecule has 9 rings (SSSR count). The summed E-state index contributed by atoms with van der Waals surface area (Å²) in [6, 6.07) is 22.1. The Morgan fingerprint density at radius 2 is 1.20 bits per heavy atom. The number of benzene rings is 6. The molecule has 2 aromatic heterocycles. The Morgan fingerprint density at radius 3 is 2.00 bits per heavy atom. The number of furan rings is 1. The van der Waals surface area contributed by atoms with Gasteiger partial charge in [-0.1, -0.05) is 140 Å². The Morgan fingerprint density at radius 1 is 0.565 bits per heavy atom. The summed E-state index contributed by atoms with van der Waals surface area (Å²) in [5, 5.41) is 4.08. The summed E-state index contributed by atoms with van der Waals surface area (Å²) >= 11 is 0. The normalized spacial score (nSPS) is 15.9. The molecule has 0 radical (unpaired) electrons. The van der Waals surface area contributed by atoms with E-state index in [-0.39, 0.29) is 23.0 Å². The van der Waals surface area contributed by atoms with E-state index in [0.717, 1.165) is 27.1 Å². The van der Waals surface area contributed by atoms with Crippen molar-refractivity contribution in [1.82, 2.24) is 15.0 Å². The first-order valence-corrected chi connectivity index (χ1v) is 17.9. The third kappa shape index (κ3) is 4.09. The Kier molecular flexibility index (Phi) is 4.21. The van der Waals surface area contributed by atoms with Gasteiger partial charge in [-0.3, -0.25) is 0 Å². The molecule has 0 saturated heterocycles. The summed E-state index contributed by atoms with van der Waals surface area (Å²) in [4.78, 5) is 14.7. The molecule has 0 amide bonds. The maximum atomic E-state index is 9.19. The molecule has 0 aliphatic carbocycles. The first-order chi connectivity index (χ1) is 26.3. The second-order valence-electron chi connectivity index (χ2n) is 11.7. The molecule has 0 fully saturated rings. The molecule has 0 N–H and O–H groups in total. The highest BCUT2D eigenvalue weighted by Gasteiger charge is 2.40. The van der Waals surface area contributed by atoms with Crippen LogP contribution in [0.2, 0.25) is 13.1 Å². The van der Waals surface area contributed by atoms with Crippen LogP contribution in [0.25, 0.3) is 78.4 Å². The minimum atomic E-state index is -2.27. The lowest BCUT2D eigenvalue weighted by molar-refractivity contribution is 0.670. The van der Waals surface area contributed by atoms with Crippen molar-refractivity contribution >= 4 is 40.4 Å². The molecule has 4 nitrogen and oxygen atoms in total. The molecular formula is C41H29N3OSi. The molecule has 6 aromatic carbocycles. The minimum absolute atomic E-state index is 0.116. The summed E-state index contributed by atoms with van der Waals surface area (Å²) < 4.78 is 84.5. The highest BCUT2D eigenvalue weighted by atomic mass is 28.3. The fourth-order valence-electron chi connectivity index (χ4n) is 6.48. The fraction of sp³-hybridized carbons (Fsp3) is 0.0488. The third-order valence-corrected chi connectivity index (χ3v) is 12.2. The molecule has 0 spiro atoms. The zero-order valence-corrected chi connectivity index (χ0v) is 25.8. The molecule has 3 heterocycles. The molecule has 1 aliphatic heterocycles. The number of fused-ring (bicyclic) bond motifs is 7. The molecule has 46 heavy (non-hydrogen) atoms. The summed E-state index contributed by atoms with van der Waals surface area (Å²) in [6.45, 7) is 4.59. The zero-order valence-electron chi connectivity index (χ0n) is 33.8. The summed E-state index contributed by atoms with van der Waals surface area (Å²) in [7, 11) is -2.27. The van der Waals surface area contributed by atoms with Gasteiger partial charge in [0.25, 0.3) is 0 Å². The second kappa shape index (κ2) is 10.2. The molecule has 0 unspecified atom stereocenters. The van der Waals surface area contributed by atoms with Crippen molar-refractivity contribution in [2.45, 2.75) is 13.1 Å². The number of hydrogen-bond acceptors (Lipinski definition) is 4. The van der Waals surface area contributed by atoms with Crippen LogP contribution in [0.4, 0.5) is 0 Å². The van der Waals surface area contributed by atoms with Crippen molar-refractivity contribution < 1.29 is 16.8 Å². The van der Waals surface area contributed by atoms with Crippen LogP contribution in [0.5, 0.6) is 0 Å². The molecule has 218 valence electrons. The lowest BCUT2D eigenvalue weighted by Gasteiger charge is -2.19. The summed E-state index contributed by atoms with van der Waals surface area (Å²) in [5.41, 5.74) is 3.82. The average Bonchev–Trinajstić information content (AvgIpc) is 3.69. The van der Waals surface area contributed by atoms with Crippen molar-refractivity contribution in [2.24, 2.45) is 0 Å². The van der Waals surface area contributed by atoms with Gasteiger partial charge in [-0.05, 0) is 39.2 Å². The van der Waals surface area contributed by atoms with Gasteiger partial charge < -0.3 is 4.42 Å². The molecule has 1 aliphatic rings. The van der Waals surface area contributed by atoms with Gasteiger partial charge in [0.2, 0.25) is 0 Å². The molecule has 0 atom stereocenters. The van der Waals surface area contributed by atoms with Gasteiger partial charge in [0.1, 0.15) is 19.2 Å². The quantitative estimate of drug-likeness (QED) is 0.185. The first kappa shape index (κ1) is 19.0. The molecular weight excluding hydrogens is 579 g/mol. The zero-order chi connectivity index (χ0) is 38.7. The van der Waals surface area contributed by atoms with E-state index in [2.05, 4.69) is 37.4 Å². The van der Waals surface area contributed by atoms with E-state index in [1.807, 2.05) is 60.7 Å². The molecule has 5 heteroatoms. The Bertz CT molecular complexity index is 2910. The lowest BCUT2D eigenvalue weighted by atomic mass is 9.98. The van der Waals surface area contributed by atoms with Crippen molar-refractivity contribution in [3.05, 3.63) is 139 Å². The lowest BCUT2D eigenvalue weighted by Crippen LogP contribution is -2.49. The monoisotopic (exact) mass is 616 g/mol. The van der Waals surface area contributed by atoms with Crippen LogP contribution in [0.3, 0.4) is 0 Å². The highest BCUT2D eigenvalue weighted by Crippen LogP contribution is 2.43. The van der Waals surface area contributed by atoms with Gasteiger partial charge in [-0.2, -0.15) is 0 Å². The Balaban J connectivity index is 1.36. The minimum Gasteiger partial charge on any atom is -0.455 e. The van der Waals surface area contributed by atoms with Crippen LogP contribution < -0.4 is 10.4 Å². The largest absolute Gasteiger partial charge is 0.455 e. The van der Waals surface area contributed by atoms with Crippen molar-refractivity contribution in [2.75, 3.05) is 0 Å². The van der Waals surface area contributed by atoms with Crippen LogP contribution >= 0.6 is 0 Å². The number of hydrogen-bond donors (Lipinski definition) is 0. The summed E-state index contributed by atoms with van der Waals surface area (Å²) in [5.74, 6) is 0.374. The van der Waals surface area contributed by atoms with Crippen LogP contribution in [0.15, 0.2) is 144 Å². The van der Waals surface area contributed by atoms with E-state index in [0.29, 0.717) is 22.3 Å². The van der Waals surface area contributed by atoms with Crippen molar-refractivity contribution in [3.63, 3.8) is 0 Å². The maximum Gasteiger partial charge on any atom is 0.164 e. The van der Waals surface area contributed by atoms with Crippen molar-refractivity contribution in [1.29, 1.82) is 0 Å². The predicted molar refractivity (Wildman–Crippen MR) is 191 cm³/mol. The van der Waals surface area contributed by atoms with Gasteiger partial charge in [-0.25, -0.2) is 15.0 Å². The predicted octanol–water partition coefficient (Wildman–Crippen LogP) is 9.24. The fourth-order valence-corrected chi connectivity index (χ4v) is 9.54. The second-order valence-corrected chi connectivity index (χ2v) is 16.1. The number of para-hydroxylation sites is 1. The molecule has 0 bridgehead atoms. The Labute approximate surface area is 280 Å². The standard InChI is InChI=1S/C41H29N3OSi/c1-46(2)34-20-12-10-18-31(34)37-35(46)25-32(36-30-17-9-11-19-33(30)45-38(36)37)41-43-39(28-15-7-4-8-16-28)42-40(44-41)29-23-21-27(22-24-29)26-13-5-3-6-14-26/h3-25H,1-2H3/i3D,5D,6D,13D,14D,21D,22D,23D,24D. The smallest absolute Gasteiger partial charge is 0.164 e. The first-order valence-electron chi connectivity index (χ1n) is 19.4. The van der Waals surface area contributed by atoms with E-state index >= 15 is 0 Å². The number of nitrogens with zero attached hydrogens (tertiary/aromatic N) is 3. The average molecular weight is 617 g/mol. The van der Waals surface area contributed by atoms with E-state index in [4.69, 9.17) is 29.0 Å².